The lowest BCUT2D eigenvalue weighted by molar-refractivity contribution is -0.130. The molecule has 0 fully saturated rings. The molecule has 0 aliphatic rings. The van der Waals surface area contributed by atoms with E-state index in [1.54, 1.807) is 7.05 Å². The summed E-state index contributed by atoms with van der Waals surface area (Å²) in [6.07, 6.45) is 1.56. The monoisotopic (exact) mass is 210 g/mol. The van der Waals surface area contributed by atoms with E-state index in [1.165, 1.54) is 4.90 Å². The number of nitrogens with zero attached hydrogens (tertiary/aromatic N) is 2. The third kappa shape index (κ3) is 6.96. The first-order valence-corrected chi connectivity index (χ1v) is 5.37. The molecule has 0 spiro atoms. The van der Waals surface area contributed by atoms with Gasteiger partial charge in [-0.15, -0.1) is 0 Å². The van der Waals surface area contributed by atoms with Crippen molar-refractivity contribution >= 4 is 5.91 Å². The van der Waals surface area contributed by atoms with Gasteiger partial charge in [-0.2, -0.15) is 5.26 Å². The molecule has 0 aromatic carbocycles. The number of nitriles is 1. The van der Waals surface area contributed by atoms with Crippen molar-refractivity contribution in [1.82, 2.24) is 4.90 Å². The zero-order chi connectivity index (χ0) is 12.1. The number of carbonyl (C=O) groups is 1. The molecule has 15 heavy (non-hydrogen) atoms. The molecule has 0 aliphatic heterocycles. The first-order valence-electron chi connectivity index (χ1n) is 5.37. The Labute approximate surface area is 93.1 Å². The van der Waals surface area contributed by atoms with Gasteiger partial charge in [0.05, 0.1) is 6.07 Å². The fraction of sp³-hybridized carbons (Fsp3) is 0.833. The number of amides is 1. The van der Waals surface area contributed by atoms with Crippen molar-refractivity contribution in [3.8, 4) is 6.07 Å². The lowest BCUT2D eigenvalue weighted by atomic mass is 9.84. The summed E-state index contributed by atoms with van der Waals surface area (Å²) in [5, 5.41) is 8.46. The molecule has 0 rings (SSSR count). The Balaban J connectivity index is 4.03. The Bertz CT molecular complexity index is 247. The fourth-order valence-electron chi connectivity index (χ4n) is 1.77. The highest BCUT2D eigenvalue weighted by molar-refractivity contribution is 5.76. The van der Waals surface area contributed by atoms with Crippen molar-refractivity contribution in [2.24, 2.45) is 11.3 Å². The molecule has 0 saturated heterocycles. The molecule has 3 heteroatoms. The van der Waals surface area contributed by atoms with E-state index in [-0.39, 0.29) is 17.9 Å². The number of hydrogen-bond acceptors (Lipinski definition) is 2. The maximum Gasteiger partial charge on any atom is 0.223 e. The van der Waals surface area contributed by atoms with Crippen LogP contribution in [0.25, 0.3) is 0 Å². The van der Waals surface area contributed by atoms with E-state index in [0.717, 1.165) is 6.42 Å². The molecule has 0 N–H and O–H groups in total. The molecule has 1 atom stereocenters. The summed E-state index contributed by atoms with van der Waals surface area (Å²) in [6, 6.07) is 1.97. The molecule has 0 bridgehead atoms. The maximum atomic E-state index is 11.6. The first-order chi connectivity index (χ1) is 6.76. The Morgan fingerprint density at radius 1 is 1.47 bits per heavy atom. The summed E-state index contributed by atoms with van der Waals surface area (Å²) in [7, 11) is 1.68. The SMILES string of the molecule is CC(CC(=O)N(C)CC#N)CC(C)(C)C. The minimum atomic E-state index is 0.0632. The van der Waals surface area contributed by atoms with Gasteiger partial charge in [0.15, 0.2) is 0 Å². The van der Waals surface area contributed by atoms with Crippen LogP contribution in [0.2, 0.25) is 0 Å². The van der Waals surface area contributed by atoms with Crippen molar-refractivity contribution in [3.05, 3.63) is 0 Å². The second-order valence-electron chi connectivity index (χ2n) is 5.48. The molecule has 0 aromatic heterocycles. The zero-order valence-electron chi connectivity index (χ0n) is 10.5. The fourth-order valence-corrected chi connectivity index (χ4v) is 1.77. The average Bonchev–Trinajstić information content (AvgIpc) is 2.00. The van der Waals surface area contributed by atoms with E-state index in [9.17, 15) is 4.79 Å². The van der Waals surface area contributed by atoms with E-state index in [4.69, 9.17) is 5.26 Å². The second kappa shape index (κ2) is 5.75. The lowest BCUT2D eigenvalue weighted by Gasteiger charge is -2.24. The Hall–Kier alpha value is -1.04. The molecule has 3 nitrogen and oxygen atoms in total. The summed E-state index contributed by atoms with van der Waals surface area (Å²) in [5.41, 5.74) is 0.257. The van der Waals surface area contributed by atoms with Gasteiger partial charge in [0, 0.05) is 13.5 Å². The molecular formula is C12H22N2O. The quantitative estimate of drug-likeness (QED) is 0.669. The highest BCUT2D eigenvalue weighted by atomic mass is 16.2. The van der Waals surface area contributed by atoms with Crippen LogP contribution in [-0.4, -0.2) is 24.4 Å². The van der Waals surface area contributed by atoms with Crippen LogP contribution in [0.1, 0.15) is 40.5 Å². The standard InChI is InChI=1S/C12H22N2O/c1-10(9-12(2,3)4)8-11(15)14(5)7-6-13/h10H,7-9H2,1-5H3. The van der Waals surface area contributed by atoms with Crippen LogP contribution in [0.3, 0.4) is 0 Å². The van der Waals surface area contributed by atoms with Gasteiger partial charge >= 0.3 is 0 Å². The average molecular weight is 210 g/mol. The molecule has 1 unspecified atom stereocenters. The highest BCUT2D eigenvalue weighted by Gasteiger charge is 2.19. The molecule has 86 valence electrons. The largest absolute Gasteiger partial charge is 0.332 e. The van der Waals surface area contributed by atoms with Crippen LogP contribution in [-0.2, 0) is 4.79 Å². The molecule has 0 aliphatic carbocycles. The molecule has 0 saturated carbocycles. The predicted molar refractivity (Wildman–Crippen MR) is 61.1 cm³/mol. The lowest BCUT2D eigenvalue weighted by Crippen LogP contribution is -2.29. The van der Waals surface area contributed by atoms with Gasteiger partial charge in [0.25, 0.3) is 0 Å². The summed E-state index contributed by atoms with van der Waals surface area (Å²) < 4.78 is 0. The smallest absolute Gasteiger partial charge is 0.223 e. The van der Waals surface area contributed by atoms with Crippen LogP contribution in [0.5, 0.6) is 0 Å². The Morgan fingerprint density at radius 3 is 2.40 bits per heavy atom. The number of rotatable bonds is 4. The van der Waals surface area contributed by atoms with Crippen LogP contribution in [0.4, 0.5) is 0 Å². The van der Waals surface area contributed by atoms with Crippen molar-refractivity contribution < 1.29 is 4.79 Å². The van der Waals surface area contributed by atoms with Crippen LogP contribution in [0, 0.1) is 22.7 Å². The highest BCUT2D eigenvalue weighted by Crippen LogP contribution is 2.26. The van der Waals surface area contributed by atoms with Gasteiger partial charge in [-0.25, -0.2) is 0 Å². The summed E-state index contributed by atoms with van der Waals surface area (Å²) in [4.78, 5) is 13.1. The third-order valence-corrected chi connectivity index (χ3v) is 2.22. The van der Waals surface area contributed by atoms with Crippen molar-refractivity contribution in [2.45, 2.75) is 40.5 Å². The zero-order valence-corrected chi connectivity index (χ0v) is 10.5. The van der Waals surface area contributed by atoms with Gasteiger partial charge in [-0.1, -0.05) is 27.7 Å². The minimum Gasteiger partial charge on any atom is -0.332 e. The number of hydrogen-bond donors (Lipinski definition) is 0. The van der Waals surface area contributed by atoms with Crippen molar-refractivity contribution in [1.29, 1.82) is 5.26 Å². The molecule has 1 amide bonds. The second-order valence-corrected chi connectivity index (χ2v) is 5.48. The Kier molecular flexibility index (Phi) is 5.35. The number of carbonyl (C=O) groups excluding carboxylic acids is 1. The normalized spacial score (nSPS) is 13.1. The topological polar surface area (TPSA) is 44.1 Å². The van der Waals surface area contributed by atoms with Gasteiger partial charge in [0.1, 0.15) is 6.54 Å². The predicted octanol–water partition coefficient (Wildman–Crippen LogP) is 2.43. The van der Waals surface area contributed by atoms with Crippen molar-refractivity contribution in [3.63, 3.8) is 0 Å². The summed E-state index contributed by atoms with van der Waals surface area (Å²) >= 11 is 0. The van der Waals surface area contributed by atoms with Gasteiger partial charge in [0.2, 0.25) is 5.91 Å². The summed E-state index contributed by atoms with van der Waals surface area (Å²) in [5.74, 6) is 0.437. The van der Waals surface area contributed by atoms with Crippen LogP contribution < -0.4 is 0 Å². The van der Waals surface area contributed by atoms with Crippen LogP contribution in [0.15, 0.2) is 0 Å². The van der Waals surface area contributed by atoms with E-state index in [1.807, 2.05) is 6.07 Å². The molecule has 0 aromatic rings. The van der Waals surface area contributed by atoms with Gasteiger partial charge in [-0.3, -0.25) is 4.79 Å². The molecule has 0 heterocycles. The van der Waals surface area contributed by atoms with E-state index >= 15 is 0 Å². The third-order valence-electron chi connectivity index (χ3n) is 2.22. The van der Waals surface area contributed by atoms with Gasteiger partial charge < -0.3 is 4.90 Å². The molecular weight excluding hydrogens is 188 g/mol. The molecule has 0 radical (unpaired) electrons. The van der Waals surface area contributed by atoms with E-state index in [2.05, 4.69) is 27.7 Å². The van der Waals surface area contributed by atoms with E-state index < -0.39 is 0 Å². The Morgan fingerprint density at radius 2 is 2.00 bits per heavy atom. The van der Waals surface area contributed by atoms with Crippen molar-refractivity contribution in [2.75, 3.05) is 13.6 Å². The maximum absolute atomic E-state index is 11.6. The van der Waals surface area contributed by atoms with E-state index in [0.29, 0.717) is 12.3 Å². The first kappa shape index (κ1) is 14.0. The van der Waals surface area contributed by atoms with Crippen LogP contribution >= 0.6 is 0 Å². The van der Waals surface area contributed by atoms with Gasteiger partial charge in [-0.05, 0) is 17.8 Å². The summed E-state index contributed by atoms with van der Waals surface area (Å²) in [6.45, 7) is 8.79. The minimum absolute atomic E-state index is 0.0632.